The standard InChI is InChI=1S/C16H15BrN2O3/c1-22-10-11-2-4-12(5-3-11)16(21)19-18-9-13-6-7-14(17)8-15(13)20/h2-9,20H,10H2,1H3,(H,19,21). The SMILES string of the molecule is COCc1ccc(C(=O)NN=Cc2ccc(Br)cc2O)cc1. The van der Waals surface area contributed by atoms with Crippen LogP contribution in [0.25, 0.3) is 0 Å². The van der Waals surface area contributed by atoms with Gasteiger partial charge in [0.2, 0.25) is 0 Å². The predicted octanol–water partition coefficient (Wildman–Crippen LogP) is 3.07. The lowest BCUT2D eigenvalue weighted by atomic mass is 10.1. The van der Waals surface area contributed by atoms with E-state index in [4.69, 9.17) is 4.74 Å². The molecule has 1 amide bonds. The molecule has 2 aromatic rings. The Morgan fingerprint density at radius 3 is 2.68 bits per heavy atom. The van der Waals surface area contributed by atoms with Crippen molar-refractivity contribution < 1.29 is 14.6 Å². The number of benzene rings is 2. The zero-order valence-electron chi connectivity index (χ0n) is 11.9. The fourth-order valence-corrected chi connectivity index (χ4v) is 2.12. The molecule has 5 nitrogen and oxygen atoms in total. The molecule has 0 unspecified atom stereocenters. The van der Waals surface area contributed by atoms with Crippen LogP contribution in [0.2, 0.25) is 0 Å². The van der Waals surface area contributed by atoms with Crippen LogP contribution in [-0.2, 0) is 11.3 Å². The van der Waals surface area contributed by atoms with Gasteiger partial charge in [-0.1, -0.05) is 28.1 Å². The van der Waals surface area contributed by atoms with Crippen molar-refractivity contribution >= 4 is 28.1 Å². The van der Waals surface area contributed by atoms with Gasteiger partial charge < -0.3 is 9.84 Å². The fourth-order valence-electron chi connectivity index (χ4n) is 1.77. The highest BCUT2D eigenvalue weighted by Gasteiger charge is 2.04. The zero-order chi connectivity index (χ0) is 15.9. The summed E-state index contributed by atoms with van der Waals surface area (Å²) in [5, 5.41) is 13.6. The number of phenols is 1. The average Bonchev–Trinajstić information content (AvgIpc) is 2.50. The molecule has 2 rings (SSSR count). The summed E-state index contributed by atoms with van der Waals surface area (Å²) in [6.07, 6.45) is 1.39. The molecule has 114 valence electrons. The lowest BCUT2D eigenvalue weighted by Gasteiger charge is -2.03. The third-order valence-electron chi connectivity index (χ3n) is 2.89. The van der Waals surface area contributed by atoms with Gasteiger partial charge in [-0.25, -0.2) is 5.43 Å². The molecule has 0 saturated heterocycles. The molecule has 0 atom stereocenters. The molecule has 0 bridgehead atoms. The van der Waals surface area contributed by atoms with E-state index in [2.05, 4.69) is 26.5 Å². The number of methoxy groups -OCH3 is 1. The molecule has 2 aromatic carbocycles. The Balaban J connectivity index is 1.98. The maximum atomic E-state index is 11.9. The number of phenolic OH excluding ortho intramolecular Hbond substituents is 1. The van der Waals surface area contributed by atoms with Gasteiger partial charge >= 0.3 is 0 Å². The number of hydrogen-bond acceptors (Lipinski definition) is 4. The minimum atomic E-state index is -0.322. The molecular weight excluding hydrogens is 348 g/mol. The predicted molar refractivity (Wildman–Crippen MR) is 88.0 cm³/mol. The second-order valence-corrected chi connectivity index (χ2v) is 5.45. The average molecular weight is 363 g/mol. The third-order valence-corrected chi connectivity index (χ3v) is 3.38. The Morgan fingerprint density at radius 1 is 1.32 bits per heavy atom. The van der Waals surface area contributed by atoms with E-state index in [1.54, 1.807) is 37.4 Å². The molecule has 0 saturated carbocycles. The van der Waals surface area contributed by atoms with E-state index in [1.807, 2.05) is 12.1 Å². The number of carbonyl (C=O) groups is 1. The zero-order valence-corrected chi connectivity index (χ0v) is 13.5. The Labute approximate surface area is 136 Å². The summed E-state index contributed by atoms with van der Waals surface area (Å²) in [6, 6.07) is 12.1. The molecule has 6 heteroatoms. The molecule has 0 radical (unpaired) electrons. The minimum absolute atomic E-state index is 0.0799. The van der Waals surface area contributed by atoms with Crippen molar-refractivity contribution in [3.8, 4) is 5.75 Å². The summed E-state index contributed by atoms with van der Waals surface area (Å²) in [4.78, 5) is 11.9. The quantitative estimate of drug-likeness (QED) is 0.634. The molecule has 2 N–H and O–H groups in total. The van der Waals surface area contributed by atoms with Gasteiger partial charge in [0.05, 0.1) is 12.8 Å². The monoisotopic (exact) mass is 362 g/mol. The molecule has 0 fully saturated rings. The van der Waals surface area contributed by atoms with E-state index in [9.17, 15) is 9.90 Å². The Kier molecular flexibility index (Phi) is 5.68. The third kappa shape index (κ3) is 4.41. The summed E-state index contributed by atoms with van der Waals surface area (Å²) in [6.45, 7) is 0.503. The first-order chi connectivity index (χ1) is 10.6. The Bertz CT molecular complexity index is 684. The topological polar surface area (TPSA) is 70.9 Å². The van der Waals surface area contributed by atoms with Crippen LogP contribution in [0.5, 0.6) is 5.75 Å². The largest absolute Gasteiger partial charge is 0.507 e. The van der Waals surface area contributed by atoms with Crippen LogP contribution < -0.4 is 5.43 Å². The van der Waals surface area contributed by atoms with Gasteiger partial charge in [0, 0.05) is 22.7 Å². The number of rotatable bonds is 5. The number of carbonyl (C=O) groups excluding carboxylic acids is 1. The molecule has 0 aliphatic rings. The van der Waals surface area contributed by atoms with E-state index in [1.165, 1.54) is 6.21 Å². The number of ether oxygens (including phenoxy) is 1. The summed E-state index contributed by atoms with van der Waals surface area (Å²) < 4.78 is 5.78. The van der Waals surface area contributed by atoms with Crippen LogP contribution in [-0.4, -0.2) is 24.3 Å². The van der Waals surface area contributed by atoms with Crippen molar-refractivity contribution in [1.82, 2.24) is 5.43 Å². The summed E-state index contributed by atoms with van der Waals surface area (Å²) >= 11 is 3.25. The maximum absolute atomic E-state index is 11.9. The van der Waals surface area contributed by atoms with Gasteiger partial charge in [0.15, 0.2) is 0 Å². The Morgan fingerprint density at radius 2 is 2.05 bits per heavy atom. The summed E-state index contributed by atoms with van der Waals surface area (Å²) in [5.41, 5.74) is 4.42. The van der Waals surface area contributed by atoms with E-state index in [0.29, 0.717) is 17.7 Å². The number of hydrazone groups is 1. The van der Waals surface area contributed by atoms with Crippen LogP contribution in [0.1, 0.15) is 21.5 Å². The second-order valence-electron chi connectivity index (χ2n) is 4.53. The molecule has 0 spiro atoms. The van der Waals surface area contributed by atoms with Crippen LogP contribution in [0.3, 0.4) is 0 Å². The first-order valence-corrected chi connectivity index (χ1v) is 7.29. The van der Waals surface area contributed by atoms with Crippen molar-refractivity contribution in [3.05, 3.63) is 63.6 Å². The van der Waals surface area contributed by atoms with Gasteiger partial charge in [0.25, 0.3) is 5.91 Å². The second kappa shape index (κ2) is 7.72. The Hall–Kier alpha value is -2.18. The van der Waals surface area contributed by atoms with Gasteiger partial charge in [-0.05, 0) is 35.9 Å². The summed E-state index contributed by atoms with van der Waals surface area (Å²) in [7, 11) is 1.62. The molecule has 22 heavy (non-hydrogen) atoms. The van der Waals surface area contributed by atoms with E-state index >= 15 is 0 Å². The van der Waals surface area contributed by atoms with Crippen LogP contribution >= 0.6 is 15.9 Å². The van der Waals surface area contributed by atoms with Crippen molar-refractivity contribution in [2.75, 3.05) is 7.11 Å². The highest BCUT2D eigenvalue weighted by Crippen LogP contribution is 2.20. The molecule has 0 heterocycles. The highest BCUT2D eigenvalue weighted by molar-refractivity contribution is 9.10. The van der Waals surface area contributed by atoms with E-state index in [0.717, 1.165) is 10.0 Å². The van der Waals surface area contributed by atoms with Crippen LogP contribution in [0, 0.1) is 0 Å². The van der Waals surface area contributed by atoms with Crippen LogP contribution in [0.4, 0.5) is 0 Å². The fraction of sp³-hybridized carbons (Fsp3) is 0.125. The normalized spacial score (nSPS) is 10.8. The number of hydrogen-bond donors (Lipinski definition) is 2. The first kappa shape index (κ1) is 16.2. The number of aromatic hydroxyl groups is 1. The molecule has 0 aromatic heterocycles. The van der Waals surface area contributed by atoms with Crippen molar-refractivity contribution in [1.29, 1.82) is 0 Å². The highest BCUT2D eigenvalue weighted by atomic mass is 79.9. The number of nitrogens with one attached hydrogen (secondary N) is 1. The lowest BCUT2D eigenvalue weighted by Crippen LogP contribution is -2.17. The summed E-state index contributed by atoms with van der Waals surface area (Å²) in [5.74, 6) is -0.242. The number of halogens is 1. The smallest absolute Gasteiger partial charge is 0.271 e. The van der Waals surface area contributed by atoms with Crippen molar-refractivity contribution in [2.24, 2.45) is 5.10 Å². The van der Waals surface area contributed by atoms with Gasteiger partial charge in [-0.3, -0.25) is 4.79 Å². The van der Waals surface area contributed by atoms with Gasteiger partial charge in [-0.2, -0.15) is 5.10 Å². The maximum Gasteiger partial charge on any atom is 0.271 e. The van der Waals surface area contributed by atoms with E-state index < -0.39 is 0 Å². The molecule has 0 aliphatic heterocycles. The molecule has 0 aliphatic carbocycles. The van der Waals surface area contributed by atoms with Crippen molar-refractivity contribution in [2.45, 2.75) is 6.61 Å². The number of amides is 1. The van der Waals surface area contributed by atoms with E-state index in [-0.39, 0.29) is 11.7 Å². The lowest BCUT2D eigenvalue weighted by molar-refractivity contribution is 0.0955. The van der Waals surface area contributed by atoms with Crippen LogP contribution in [0.15, 0.2) is 52.0 Å². The van der Waals surface area contributed by atoms with Gasteiger partial charge in [0.1, 0.15) is 5.75 Å². The molecular formula is C16H15BrN2O3. The van der Waals surface area contributed by atoms with Gasteiger partial charge in [-0.15, -0.1) is 0 Å². The first-order valence-electron chi connectivity index (χ1n) is 6.50. The minimum Gasteiger partial charge on any atom is -0.507 e. The van der Waals surface area contributed by atoms with Crippen molar-refractivity contribution in [3.63, 3.8) is 0 Å². The number of nitrogens with zero attached hydrogens (tertiary/aromatic N) is 1.